The van der Waals surface area contributed by atoms with Crippen LogP contribution in [0.5, 0.6) is 0 Å². The van der Waals surface area contributed by atoms with Crippen molar-refractivity contribution in [3.63, 3.8) is 0 Å². The number of nitriles is 1. The van der Waals surface area contributed by atoms with E-state index in [1.54, 1.807) is 24.4 Å². The summed E-state index contributed by atoms with van der Waals surface area (Å²) in [5.74, 6) is 0.147. The van der Waals surface area contributed by atoms with E-state index in [1.807, 2.05) is 24.3 Å². The summed E-state index contributed by atoms with van der Waals surface area (Å²) < 4.78 is 25.6. The number of ether oxygens (including phenoxy) is 2. The summed E-state index contributed by atoms with van der Waals surface area (Å²) in [6.45, 7) is 1.65. The third kappa shape index (κ3) is 4.32. The van der Waals surface area contributed by atoms with Gasteiger partial charge in [-0.15, -0.1) is 0 Å². The molecule has 0 saturated carbocycles. The number of nitrogens with zero attached hydrogens (tertiary/aromatic N) is 3. The van der Waals surface area contributed by atoms with E-state index in [1.165, 1.54) is 12.1 Å². The van der Waals surface area contributed by atoms with Gasteiger partial charge in [0.25, 0.3) is 0 Å². The molecule has 3 aromatic rings. The molecule has 2 N–H and O–H groups in total. The molecule has 4 atom stereocenters. The molecule has 0 aliphatic carbocycles. The van der Waals surface area contributed by atoms with Crippen LogP contribution in [0.2, 0.25) is 0 Å². The summed E-state index contributed by atoms with van der Waals surface area (Å²) in [5.41, 5.74) is 3.02. The minimum Gasteiger partial charge on any atom is -0.371 e. The molecule has 0 amide bonds. The third-order valence-corrected chi connectivity index (χ3v) is 5.77. The molecule has 2 aromatic carbocycles. The molecule has 0 spiro atoms. The number of halogens is 1. The molecule has 5 rings (SSSR count). The van der Waals surface area contributed by atoms with Gasteiger partial charge in [0.15, 0.2) is 0 Å². The number of nitrogens with one attached hydrogen (secondary N) is 2. The lowest BCUT2D eigenvalue weighted by Crippen LogP contribution is -2.41. The maximum absolute atomic E-state index is 13.6. The van der Waals surface area contributed by atoms with Gasteiger partial charge in [-0.2, -0.15) is 5.26 Å². The topological polar surface area (TPSA) is 92.1 Å². The van der Waals surface area contributed by atoms with E-state index in [2.05, 4.69) is 26.7 Å². The van der Waals surface area contributed by atoms with E-state index in [9.17, 15) is 4.39 Å². The molecule has 8 heteroatoms. The predicted octanol–water partition coefficient (Wildman–Crippen LogP) is 2.89. The van der Waals surface area contributed by atoms with E-state index in [0.29, 0.717) is 42.5 Å². The highest BCUT2D eigenvalue weighted by Gasteiger charge is 2.47. The van der Waals surface area contributed by atoms with Crippen molar-refractivity contribution in [3.8, 4) is 17.3 Å². The fourth-order valence-corrected chi connectivity index (χ4v) is 4.20. The molecule has 0 radical (unpaired) electrons. The van der Waals surface area contributed by atoms with Crippen LogP contribution in [0, 0.1) is 17.1 Å². The van der Waals surface area contributed by atoms with Crippen LogP contribution in [-0.2, 0) is 16.0 Å². The fraction of sp³-hybridized carbons (Fsp3) is 0.292. The third-order valence-electron chi connectivity index (χ3n) is 5.77. The maximum Gasteiger partial charge on any atom is 0.223 e. The van der Waals surface area contributed by atoms with Gasteiger partial charge in [0.1, 0.15) is 18.0 Å². The summed E-state index contributed by atoms with van der Waals surface area (Å²) in [6.07, 6.45) is 1.44. The van der Waals surface area contributed by atoms with Gasteiger partial charge in [0.2, 0.25) is 5.95 Å². The quantitative estimate of drug-likeness (QED) is 0.620. The monoisotopic (exact) mass is 431 g/mol. The second-order valence-corrected chi connectivity index (χ2v) is 7.92. The predicted molar refractivity (Wildman–Crippen MR) is 116 cm³/mol. The zero-order valence-electron chi connectivity index (χ0n) is 17.2. The Morgan fingerprint density at radius 1 is 1.03 bits per heavy atom. The molecular weight excluding hydrogens is 409 g/mol. The highest BCUT2D eigenvalue weighted by molar-refractivity contribution is 5.60. The van der Waals surface area contributed by atoms with E-state index in [0.717, 1.165) is 5.56 Å². The van der Waals surface area contributed by atoms with Crippen LogP contribution in [0.25, 0.3) is 11.3 Å². The van der Waals surface area contributed by atoms with Gasteiger partial charge in [0, 0.05) is 18.3 Å². The second-order valence-electron chi connectivity index (χ2n) is 7.92. The number of hydrogen-bond acceptors (Lipinski definition) is 7. The number of aromatic nitrogens is 2. The zero-order valence-corrected chi connectivity index (χ0v) is 17.2. The van der Waals surface area contributed by atoms with Crippen molar-refractivity contribution in [2.75, 3.05) is 18.5 Å². The molecule has 2 saturated heterocycles. The van der Waals surface area contributed by atoms with Crippen molar-refractivity contribution in [3.05, 3.63) is 77.7 Å². The van der Waals surface area contributed by atoms with Crippen LogP contribution in [-0.4, -0.2) is 47.5 Å². The molecular formula is C24H22FN5O2. The summed E-state index contributed by atoms with van der Waals surface area (Å²) in [5, 5.41) is 15.9. The molecule has 32 heavy (non-hydrogen) atoms. The molecule has 162 valence electrons. The molecule has 2 aliphatic rings. The van der Waals surface area contributed by atoms with E-state index in [4.69, 9.17) is 14.7 Å². The lowest BCUT2D eigenvalue weighted by molar-refractivity contribution is 0.0675. The van der Waals surface area contributed by atoms with Crippen LogP contribution in [0.4, 0.5) is 10.3 Å². The summed E-state index contributed by atoms with van der Waals surface area (Å²) in [7, 11) is 0. The van der Waals surface area contributed by atoms with Crippen molar-refractivity contribution >= 4 is 5.95 Å². The first-order chi connectivity index (χ1) is 15.7. The highest BCUT2D eigenvalue weighted by Crippen LogP contribution is 2.29. The Kier molecular flexibility index (Phi) is 5.77. The van der Waals surface area contributed by atoms with Crippen LogP contribution in [0.3, 0.4) is 0 Å². The van der Waals surface area contributed by atoms with E-state index in [-0.39, 0.29) is 30.1 Å². The van der Waals surface area contributed by atoms with Gasteiger partial charge in [-0.25, -0.2) is 14.4 Å². The fourth-order valence-electron chi connectivity index (χ4n) is 4.20. The molecule has 1 aromatic heterocycles. The van der Waals surface area contributed by atoms with Crippen molar-refractivity contribution in [2.24, 2.45) is 0 Å². The Bertz CT molecular complexity index is 1150. The Hall–Kier alpha value is -3.38. The van der Waals surface area contributed by atoms with Crippen molar-refractivity contribution in [1.82, 2.24) is 15.3 Å². The highest BCUT2D eigenvalue weighted by atomic mass is 19.1. The number of rotatable bonds is 6. The van der Waals surface area contributed by atoms with E-state index >= 15 is 0 Å². The van der Waals surface area contributed by atoms with Crippen LogP contribution >= 0.6 is 0 Å². The van der Waals surface area contributed by atoms with Gasteiger partial charge in [0.05, 0.1) is 42.6 Å². The minimum atomic E-state index is -0.306. The van der Waals surface area contributed by atoms with Gasteiger partial charge in [-0.05, 0) is 35.9 Å². The van der Waals surface area contributed by atoms with Crippen molar-refractivity contribution in [2.45, 2.75) is 30.8 Å². The smallest absolute Gasteiger partial charge is 0.223 e. The SMILES string of the molecule is N#Cc1cccc(CNC2COC3C(Nc4nccc(-c5cccc(F)c5)n4)COC23)c1. The Labute approximate surface area is 185 Å². The Morgan fingerprint density at radius 3 is 2.69 bits per heavy atom. The van der Waals surface area contributed by atoms with Crippen molar-refractivity contribution < 1.29 is 13.9 Å². The van der Waals surface area contributed by atoms with Crippen LogP contribution < -0.4 is 10.6 Å². The number of anilines is 1. The average Bonchev–Trinajstić information content (AvgIpc) is 3.41. The number of benzene rings is 2. The summed E-state index contributed by atoms with van der Waals surface area (Å²) >= 11 is 0. The van der Waals surface area contributed by atoms with Crippen LogP contribution in [0.15, 0.2) is 60.8 Å². The standard InChI is InChI=1S/C24H22FN5O2/c25-18-6-2-5-17(10-18)19-7-8-27-24(29-19)30-21-14-32-22-20(13-31-23(21)22)28-12-16-4-1-3-15(9-16)11-26/h1-10,20-23,28H,12-14H2,(H,27,29,30). The molecule has 4 unspecified atom stereocenters. The average molecular weight is 431 g/mol. The minimum absolute atomic E-state index is 0.0529. The molecule has 7 nitrogen and oxygen atoms in total. The van der Waals surface area contributed by atoms with Crippen LogP contribution in [0.1, 0.15) is 11.1 Å². The molecule has 3 heterocycles. The second kappa shape index (κ2) is 9.01. The summed E-state index contributed by atoms with van der Waals surface area (Å²) in [6, 6.07) is 17.7. The first-order valence-corrected chi connectivity index (χ1v) is 10.5. The Balaban J connectivity index is 1.22. The largest absolute Gasteiger partial charge is 0.371 e. The lowest BCUT2D eigenvalue weighted by atomic mass is 10.1. The lowest BCUT2D eigenvalue weighted by Gasteiger charge is -2.18. The first kappa shape index (κ1) is 20.5. The van der Waals surface area contributed by atoms with Gasteiger partial charge in [-0.1, -0.05) is 24.3 Å². The summed E-state index contributed by atoms with van der Waals surface area (Å²) in [4.78, 5) is 8.84. The normalized spacial score (nSPS) is 24.1. The van der Waals surface area contributed by atoms with E-state index < -0.39 is 0 Å². The Morgan fingerprint density at radius 2 is 1.84 bits per heavy atom. The first-order valence-electron chi connectivity index (χ1n) is 10.5. The van der Waals surface area contributed by atoms with Gasteiger partial charge >= 0.3 is 0 Å². The maximum atomic E-state index is 13.6. The van der Waals surface area contributed by atoms with Crippen molar-refractivity contribution in [1.29, 1.82) is 5.26 Å². The molecule has 0 bridgehead atoms. The van der Waals surface area contributed by atoms with Gasteiger partial charge in [-0.3, -0.25) is 0 Å². The van der Waals surface area contributed by atoms with Gasteiger partial charge < -0.3 is 20.1 Å². The molecule has 2 aliphatic heterocycles. The molecule has 2 fully saturated rings. The number of fused-ring (bicyclic) bond motifs is 1. The zero-order chi connectivity index (χ0) is 21.9. The number of hydrogen-bond donors (Lipinski definition) is 2.